The van der Waals surface area contributed by atoms with Crippen LogP contribution >= 0.6 is 11.3 Å². The molecule has 0 radical (unpaired) electrons. The summed E-state index contributed by atoms with van der Waals surface area (Å²) in [5, 5.41) is 1.02. The molecule has 0 saturated carbocycles. The molecule has 1 rings (SSSR count). The number of carbonyl (C=O) groups excluding carboxylic acids is 1. The van der Waals surface area contributed by atoms with Crippen LogP contribution in [0.5, 0.6) is 0 Å². The molecule has 1 aromatic rings. The van der Waals surface area contributed by atoms with Crippen LogP contribution in [0.4, 0.5) is 0 Å². The minimum absolute atomic E-state index is 0.0402. The van der Waals surface area contributed by atoms with E-state index in [1.54, 1.807) is 12.3 Å². The van der Waals surface area contributed by atoms with Crippen molar-refractivity contribution < 1.29 is 4.79 Å². The number of aryl methyl sites for hydroxylation is 2. The summed E-state index contributed by atoms with van der Waals surface area (Å²) in [5.74, 6) is 0.0402. The Morgan fingerprint density at radius 3 is 2.67 bits per heavy atom. The van der Waals surface area contributed by atoms with Crippen molar-refractivity contribution in [3.63, 3.8) is 0 Å². The third kappa shape index (κ3) is 3.16. The van der Waals surface area contributed by atoms with Gasteiger partial charge in [0.25, 0.3) is 0 Å². The van der Waals surface area contributed by atoms with Crippen LogP contribution in [0.2, 0.25) is 0 Å². The van der Waals surface area contributed by atoms with Crippen molar-refractivity contribution in [2.24, 2.45) is 0 Å². The second-order valence-electron chi connectivity index (χ2n) is 3.52. The van der Waals surface area contributed by atoms with Crippen LogP contribution in [0.3, 0.4) is 0 Å². The fraction of sp³-hybridized carbons (Fsp3) is 0.455. The fourth-order valence-corrected chi connectivity index (χ4v) is 2.05. The lowest BCUT2D eigenvalue weighted by Crippen LogP contribution is -2.02. The monoisotopic (exact) mass is 224 g/mol. The Hall–Kier alpha value is -1.16. The van der Waals surface area contributed by atoms with E-state index >= 15 is 0 Å². The zero-order valence-corrected chi connectivity index (χ0v) is 10.4. The summed E-state index contributed by atoms with van der Waals surface area (Å²) >= 11 is 1.49. The minimum atomic E-state index is 0.0402. The van der Waals surface area contributed by atoms with Crippen molar-refractivity contribution in [1.82, 2.24) is 9.88 Å². The predicted molar refractivity (Wildman–Crippen MR) is 63.4 cm³/mol. The molecule has 1 aromatic heterocycles. The highest BCUT2D eigenvalue weighted by molar-refractivity contribution is 7.14. The molecule has 4 heteroatoms. The molecule has 0 N–H and O–H groups in total. The molecule has 82 valence electrons. The van der Waals surface area contributed by atoms with Gasteiger partial charge in [-0.3, -0.25) is 4.79 Å². The maximum Gasteiger partial charge on any atom is 0.199 e. The third-order valence-electron chi connectivity index (χ3n) is 1.89. The first kappa shape index (κ1) is 11.9. The summed E-state index contributed by atoms with van der Waals surface area (Å²) in [7, 11) is 3.78. The number of thiazole rings is 1. The van der Waals surface area contributed by atoms with E-state index < -0.39 is 0 Å². The first-order valence-electron chi connectivity index (χ1n) is 4.89. The zero-order valence-electron chi connectivity index (χ0n) is 9.57. The van der Waals surface area contributed by atoms with E-state index in [9.17, 15) is 4.79 Å². The van der Waals surface area contributed by atoms with Gasteiger partial charge in [-0.25, -0.2) is 4.98 Å². The molecular formula is C11H16N2OS. The van der Waals surface area contributed by atoms with Gasteiger partial charge in [-0.1, -0.05) is 6.92 Å². The first-order valence-corrected chi connectivity index (χ1v) is 5.71. The van der Waals surface area contributed by atoms with Crippen molar-refractivity contribution in [3.8, 4) is 0 Å². The van der Waals surface area contributed by atoms with Gasteiger partial charge in [-0.05, 0) is 13.3 Å². The van der Waals surface area contributed by atoms with Gasteiger partial charge in [0.05, 0.1) is 15.6 Å². The number of carbonyl (C=O) groups is 1. The lowest BCUT2D eigenvalue weighted by molar-refractivity contribution is 0.104. The van der Waals surface area contributed by atoms with Gasteiger partial charge >= 0.3 is 0 Å². The average molecular weight is 224 g/mol. The number of hydrogen-bond acceptors (Lipinski definition) is 4. The summed E-state index contributed by atoms with van der Waals surface area (Å²) in [5.41, 5.74) is 0.838. The molecular weight excluding hydrogens is 208 g/mol. The second kappa shape index (κ2) is 5.07. The van der Waals surface area contributed by atoms with E-state index in [-0.39, 0.29) is 5.78 Å². The quantitative estimate of drug-likeness (QED) is 0.581. The predicted octanol–water partition coefficient (Wildman–Crippen LogP) is 2.27. The first-order chi connectivity index (χ1) is 7.04. The molecule has 0 fully saturated rings. The molecule has 0 atom stereocenters. The lowest BCUT2D eigenvalue weighted by atomic mass is 10.3. The molecule has 3 nitrogen and oxygen atoms in total. The maximum absolute atomic E-state index is 11.8. The molecule has 0 aliphatic rings. The van der Waals surface area contributed by atoms with Crippen LogP contribution in [0.1, 0.15) is 27.3 Å². The van der Waals surface area contributed by atoms with Gasteiger partial charge in [-0.15, -0.1) is 11.3 Å². The van der Waals surface area contributed by atoms with E-state index in [1.807, 2.05) is 32.8 Å². The van der Waals surface area contributed by atoms with E-state index in [4.69, 9.17) is 0 Å². The summed E-state index contributed by atoms with van der Waals surface area (Å²) in [6.45, 7) is 3.93. The molecule has 1 heterocycles. The van der Waals surface area contributed by atoms with Crippen molar-refractivity contribution >= 4 is 17.1 Å². The highest BCUT2D eigenvalue weighted by atomic mass is 32.1. The standard InChI is InChI=1S/C11H16N2OS/c1-5-10-12-8(2)11(15-10)9(14)6-7-13(3)4/h6-7H,5H2,1-4H3/b7-6+. The minimum Gasteiger partial charge on any atom is -0.383 e. The molecule has 0 spiro atoms. The van der Waals surface area contributed by atoms with Gasteiger partial charge in [-0.2, -0.15) is 0 Å². The lowest BCUT2D eigenvalue weighted by Gasteiger charge is -2.01. The molecule has 0 amide bonds. The van der Waals surface area contributed by atoms with Gasteiger partial charge < -0.3 is 4.90 Å². The van der Waals surface area contributed by atoms with Crippen LogP contribution in [0.15, 0.2) is 12.3 Å². The third-order valence-corrected chi connectivity index (χ3v) is 3.21. The normalized spacial score (nSPS) is 10.9. The Morgan fingerprint density at radius 2 is 2.20 bits per heavy atom. The van der Waals surface area contributed by atoms with Gasteiger partial charge in [0.2, 0.25) is 0 Å². The maximum atomic E-state index is 11.8. The number of ketones is 1. The Bertz CT molecular complexity index is 380. The number of aromatic nitrogens is 1. The number of allylic oxidation sites excluding steroid dienone is 1. The fourth-order valence-electron chi connectivity index (χ4n) is 1.12. The number of nitrogens with zero attached hydrogens (tertiary/aromatic N) is 2. The molecule has 0 saturated heterocycles. The highest BCUT2D eigenvalue weighted by Gasteiger charge is 2.11. The Kier molecular flexibility index (Phi) is 4.03. The van der Waals surface area contributed by atoms with Crippen LogP contribution in [0, 0.1) is 6.92 Å². The van der Waals surface area contributed by atoms with Crippen LogP contribution in [0.25, 0.3) is 0 Å². The van der Waals surface area contributed by atoms with E-state index in [0.29, 0.717) is 0 Å². The summed E-state index contributed by atoms with van der Waals surface area (Å²) in [4.78, 5) is 18.7. The van der Waals surface area contributed by atoms with Gasteiger partial charge in [0, 0.05) is 26.4 Å². The van der Waals surface area contributed by atoms with Gasteiger partial charge in [0.15, 0.2) is 5.78 Å². The molecule has 0 bridgehead atoms. The van der Waals surface area contributed by atoms with E-state index in [0.717, 1.165) is 22.0 Å². The SMILES string of the molecule is CCc1nc(C)c(C(=O)/C=C/N(C)C)s1. The smallest absolute Gasteiger partial charge is 0.199 e. The Balaban J connectivity index is 2.86. The van der Waals surface area contributed by atoms with Crippen molar-refractivity contribution in [2.45, 2.75) is 20.3 Å². The van der Waals surface area contributed by atoms with Gasteiger partial charge in [0.1, 0.15) is 0 Å². The van der Waals surface area contributed by atoms with Crippen LogP contribution in [-0.2, 0) is 6.42 Å². The summed E-state index contributed by atoms with van der Waals surface area (Å²) in [6.07, 6.45) is 4.23. The van der Waals surface area contributed by atoms with Crippen molar-refractivity contribution in [2.75, 3.05) is 14.1 Å². The average Bonchev–Trinajstić information content (AvgIpc) is 2.56. The number of hydrogen-bond donors (Lipinski definition) is 0. The summed E-state index contributed by atoms with van der Waals surface area (Å²) < 4.78 is 0. The number of rotatable bonds is 4. The zero-order chi connectivity index (χ0) is 11.4. The van der Waals surface area contributed by atoms with Crippen LogP contribution < -0.4 is 0 Å². The molecule has 0 aliphatic heterocycles. The summed E-state index contributed by atoms with van der Waals surface area (Å²) in [6, 6.07) is 0. The molecule has 15 heavy (non-hydrogen) atoms. The Morgan fingerprint density at radius 1 is 1.53 bits per heavy atom. The highest BCUT2D eigenvalue weighted by Crippen LogP contribution is 2.19. The Labute approximate surface area is 94.4 Å². The topological polar surface area (TPSA) is 33.2 Å². The molecule has 0 unspecified atom stereocenters. The van der Waals surface area contributed by atoms with E-state index in [2.05, 4.69) is 4.98 Å². The second-order valence-corrected chi connectivity index (χ2v) is 4.60. The van der Waals surface area contributed by atoms with Crippen molar-refractivity contribution in [3.05, 3.63) is 27.9 Å². The van der Waals surface area contributed by atoms with Crippen molar-refractivity contribution in [1.29, 1.82) is 0 Å². The van der Waals surface area contributed by atoms with E-state index in [1.165, 1.54) is 11.3 Å². The molecule has 0 aliphatic carbocycles. The largest absolute Gasteiger partial charge is 0.383 e. The van der Waals surface area contributed by atoms with Crippen LogP contribution in [-0.4, -0.2) is 29.8 Å². The molecule has 0 aromatic carbocycles.